The van der Waals surface area contributed by atoms with Crippen LogP contribution in [0.3, 0.4) is 0 Å². The Balaban J connectivity index is 2.65. The fraction of sp³-hybridized carbons (Fsp3) is 0.692. The number of nitrogens with one attached hydrogen (secondary N) is 2. The molecular formula is C13H24N4O2. The largest absolute Gasteiger partial charge is 0.384 e. The van der Waals surface area contributed by atoms with Crippen LogP contribution in [0, 0.1) is 5.92 Å². The molecule has 0 bridgehead atoms. The van der Waals surface area contributed by atoms with Crippen molar-refractivity contribution in [3.63, 3.8) is 0 Å². The van der Waals surface area contributed by atoms with E-state index in [2.05, 4.69) is 27.5 Å². The van der Waals surface area contributed by atoms with Gasteiger partial charge in [-0.2, -0.15) is 0 Å². The van der Waals surface area contributed by atoms with Gasteiger partial charge in [-0.05, 0) is 12.8 Å². The zero-order valence-corrected chi connectivity index (χ0v) is 12.2. The Hall–Kier alpha value is -1.40. The number of hydrogen-bond acceptors (Lipinski definition) is 6. The van der Waals surface area contributed by atoms with Crippen molar-refractivity contribution in [1.29, 1.82) is 0 Å². The zero-order chi connectivity index (χ0) is 14.1. The van der Waals surface area contributed by atoms with Crippen LogP contribution in [-0.4, -0.2) is 43.9 Å². The average molecular weight is 268 g/mol. The van der Waals surface area contributed by atoms with Crippen LogP contribution in [0.4, 0.5) is 11.6 Å². The minimum Gasteiger partial charge on any atom is -0.384 e. The molecule has 6 heteroatoms. The van der Waals surface area contributed by atoms with E-state index in [0.29, 0.717) is 25.0 Å². The molecule has 0 amide bonds. The molecule has 1 rings (SSSR count). The molecule has 1 atom stereocenters. The number of ether oxygens (including phenoxy) is 2. The van der Waals surface area contributed by atoms with Crippen LogP contribution in [0.1, 0.15) is 19.7 Å². The van der Waals surface area contributed by atoms with E-state index in [-0.39, 0.29) is 0 Å². The normalized spacial score (nSPS) is 12.2. The molecule has 1 heterocycles. The summed E-state index contributed by atoms with van der Waals surface area (Å²) in [7, 11) is 3.55. The van der Waals surface area contributed by atoms with Crippen LogP contribution in [-0.2, 0) is 16.1 Å². The van der Waals surface area contributed by atoms with Gasteiger partial charge in [-0.3, -0.25) is 0 Å². The van der Waals surface area contributed by atoms with Crippen molar-refractivity contribution in [2.45, 2.75) is 20.5 Å². The summed E-state index contributed by atoms with van der Waals surface area (Å²) in [4.78, 5) is 8.76. The second-order valence-electron chi connectivity index (χ2n) is 4.38. The van der Waals surface area contributed by atoms with Crippen molar-refractivity contribution in [1.82, 2.24) is 9.97 Å². The molecule has 0 saturated carbocycles. The molecule has 0 aliphatic carbocycles. The Kier molecular flexibility index (Phi) is 7.14. The van der Waals surface area contributed by atoms with E-state index in [1.807, 2.05) is 20.0 Å². The minimum absolute atomic E-state index is 0.424. The lowest BCUT2D eigenvalue weighted by Gasteiger charge is -2.13. The highest BCUT2D eigenvalue weighted by Crippen LogP contribution is 2.12. The summed E-state index contributed by atoms with van der Waals surface area (Å²) < 4.78 is 10.4. The topological polar surface area (TPSA) is 68.3 Å². The fourth-order valence-corrected chi connectivity index (χ4v) is 1.60. The van der Waals surface area contributed by atoms with E-state index in [1.54, 1.807) is 7.11 Å². The monoisotopic (exact) mass is 268 g/mol. The van der Waals surface area contributed by atoms with Gasteiger partial charge in [-0.15, -0.1) is 0 Å². The summed E-state index contributed by atoms with van der Waals surface area (Å²) in [5.74, 6) is 2.69. The lowest BCUT2D eigenvalue weighted by atomic mass is 10.2. The maximum Gasteiger partial charge on any atom is 0.158 e. The maximum absolute atomic E-state index is 5.34. The van der Waals surface area contributed by atoms with Crippen LogP contribution in [0.2, 0.25) is 0 Å². The Bertz CT molecular complexity index is 374. The zero-order valence-electron chi connectivity index (χ0n) is 12.2. The van der Waals surface area contributed by atoms with Crippen LogP contribution in [0.5, 0.6) is 0 Å². The molecule has 108 valence electrons. The number of rotatable bonds is 9. The highest BCUT2D eigenvalue weighted by molar-refractivity contribution is 5.47. The van der Waals surface area contributed by atoms with Gasteiger partial charge in [-0.25, -0.2) is 9.97 Å². The Morgan fingerprint density at radius 1 is 1.32 bits per heavy atom. The van der Waals surface area contributed by atoms with Crippen molar-refractivity contribution in [3.05, 3.63) is 11.9 Å². The molecule has 0 aliphatic heterocycles. The molecule has 0 fully saturated rings. The number of methoxy groups -OCH3 is 1. The Morgan fingerprint density at radius 2 is 2.05 bits per heavy atom. The molecule has 0 aromatic carbocycles. The molecule has 0 radical (unpaired) electrons. The van der Waals surface area contributed by atoms with E-state index < -0.39 is 0 Å². The van der Waals surface area contributed by atoms with Gasteiger partial charge in [-0.1, -0.05) is 6.92 Å². The molecule has 1 aromatic rings. The summed E-state index contributed by atoms with van der Waals surface area (Å²) in [6, 6.07) is 1.88. The van der Waals surface area contributed by atoms with E-state index in [1.165, 1.54) is 0 Å². The fourth-order valence-electron chi connectivity index (χ4n) is 1.60. The van der Waals surface area contributed by atoms with Crippen molar-refractivity contribution in [2.24, 2.45) is 5.92 Å². The molecule has 6 nitrogen and oxygen atoms in total. The van der Waals surface area contributed by atoms with Gasteiger partial charge in [0.1, 0.15) is 18.2 Å². The van der Waals surface area contributed by atoms with E-state index in [4.69, 9.17) is 9.47 Å². The van der Waals surface area contributed by atoms with Gasteiger partial charge >= 0.3 is 0 Å². The summed E-state index contributed by atoms with van der Waals surface area (Å²) in [5, 5.41) is 6.32. The smallest absolute Gasteiger partial charge is 0.158 e. The maximum atomic E-state index is 5.34. The van der Waals surface area contributed by atoms with Crippen molar-refractivity contribution in [3.8, 4) is 0 Å². The lowest BCUT2D eigenvalue weighted by molar-refractivity contribution is 0.128. The Morgan fingerprint density at radius 3 is 2.68 bits per heavy atom. The average Bonchev–Trinajstić information content (AvgIpc) is 2.43. The predicted octanol–water partition coefficient (Wildman–Crippen LogP) is 1.75. The van der Waals surface area contributed by atoms with Gasteiger partial charge in [0.05, 0.1) is 6.61 Å². The number of aromatic nitrogens is 2. The highest BCUT2D eigenvalue weighted by Gasteiger charge is 2.06. The summed E-state index contributed by atoms with van der Waals surface area (Å²) in [5.41, 5.74) is 0. The molecular weight excluding hydrogens is 244 g/mol. The molecule has 1 unspecified atom stereocenters. The second kappa shape index (κ2) is 8.66. The number of anilines is 2. The van der Waals surface area contributed by atoms with Crippen molar-refractivity contribution >= 4 is 11.6 Å². The van der Waals surface area contributed by atoms with Crippen LogP contribution in [0.25, 0.3) is 0 Å². The second-order valence-corrected chi connectivity index (χ2v) is 4.38. The first-order chi connectivity index (χ1) is 9.19. The first-order valence-corrected chi connectivity index (χ1v) is 6.55. The Labute approximate surface area is 114 Å². The molecule has 0 saturated heterocycles. The van der Waals surface area contributed by atoms with Gasteiger partial charge in [0.25, 0.3) is 0 Å². The molecule has 2 N–H and O–H groups in total. The molecule has 1 aromatic heterocycles. The van der Waals surface area contributed by atoms with Gasteiger partial charge < -0.3 is 20.1 Å². The quantitative estimate of drug-likeness (QED) is 0.711. The minimum atomic E-state index is 0.424. The molecule has 0 aliphatic rings. The van der Waals surface area contributed by atoms with Crippen LogP contribution >= 0.6 is 0 Å². The van der Waals surface area contributed by atoms with E-state index in [9.17, 15) is 0 Å². The number of nitrogens with zero attached hydrogens (tertiary/aromatic N) is 2. The van der Waals surface area contributed by atoms with Crippen molar-refractivity contribution in [2.75, 3.05) is 44.5 Å². The molecule has 0 spiro atoms. The van der Waals surface area contributed by atoms with E-state index >= 15 is 0 Å². The SMILES string of the molecule is CCOCc1nc(NC)cc(NCC(C)COC)n1. The summed E-state index contributed by atoms with van der Waals surface area (Å²) in [6.45, 7) is 6.69. The van der Waals surface area contributed by atoms with Crippen LogP contribution < -0.4 is 10.6 Å². The number of hydrogen-bond donors (Lipinski definition) is 2. The third-order valence-electron chi connectivity index (χ3n) is 2.55. The predicted molar refractivity (Wildman–Crippen MR) is 76.4 cm³/mol. The highest BCUT2D eigenvalue weighted by atomic mass is 16.5. The first kappa shape index (κ1) is 15.7. The third-order valence-corrected chi connectivity index (χ3v) is 2.55. The van der Waals surface area contributed by atoms with Crippen LogP contribution in [0.15, 0.2) is 6.07 Å². The standard InChI is InChI=1S/C13H24N4O2/c1-5-19-9-13-16-11(14-3)6-12(17-13)15-7-10(2)8-18-4/h6,10H,5,7-9H2,1-4H3,(H2,14,15,16,17). The summed E-state index contributed by atoms with van der Waals surface area (Å²) in [6.07, 6.45) is 0. The van der Waals surface area contributed by atoms with Gasteiger partial charge in [0.15, 0.2) is 5.82 Å². The molecule has 19 heavy (non-hydrogen) atoms. The summed E-state index contributed by atoms with van der Waals surface area (Å²) >= 11 is 0. The third kappa shape index (κ3) is 5.85. The van der Waals surface area contributed by atoms with E-state index in [0.717, 1.165) is 24.8 Å². The van der Waals surface area contributed by atoms with Crippen molar-refractivity contribution < 1.29 is 9.47 Å². The van der Waals surface area contributed by atoms with Gasteiger partial charge in [0.2, 0.25) is 0 Å². The van der Waals surface area contributed by atoms with Gasteiger partial charge in [0, 0.05) is 33.4 Å². The first-order valence-electron chi connectivity index (χ1n) is 6.55. The lowest BCUT2D eigenvalue weighted by Crippen LogP contribution is -2.17.